The van der Waals surface area contributed by atoms with Gasteiger partial charge in [-0.25, -0.2) is 4.98 Å². The van der Waals surface area contributed by atoms with Gasteiger partial charge in [-0.3, -0.25) is 9.59 Å². The number of hydrogen-bond acceptors (Lipinski definition) is 4. The van der Waals surface area contributed by atoms with E-state index in [4.69, 9.17) is 5.11 Å². The predicted molar refractivity (Wildman–Crippen MR) is 85.5 cm³/mol. The quantitative estimate of drug-likeness (QED) is 0.734. The molecule has 0 saturated carbocycles. The van der Waals surface area contributed by atoms with Gasteiger partial charge in [0.25, 0.3) is 0 Å². The average molecular weight is 371 g/mol. The summed E-state index contributed by atoms with van der Waals surface area (Å²) in [5.41, 5.74) is 0.936. The van der Waals surface area contributed by atoms with Gasteiger partial charge in [-0.2, -0.15) is 0 Å². The van der Waals surface area contributed by atoms with Crippen molar-refractivity contribution in [1.29, 1.82) is 0 Å². The second kappa shape index (κ2) is 7.51. The second-order valence-corrected chi connectivity index (χ2v) is 6.60. The highest BCUT2D eigenvalue weighted by molar-refractivity contribution is 9.10. The fourth-order valence-electron chi connectivity index (χ4n) is 1.83. The lowest BCUT2D eigenvalue weighted by Crippen LogP contribution is -2.25. The summed E-state index contributed by atoms with van der Waals surface area (Å²) in [5.74, 6) is -0.911. The van der Waals surface area contributed by atoms with Crippen LogP contribution in [0.5, 0.6) is 0 Å². The summed E-state index contributed by atoms with van der Waals surface area (Å²) in [6.45, 7) is 0.401. The molecule has 1 heterocycles. The second-order valence-electron chi connectivity index (χ2n) is 4.57. The van der Waals surface area contributed by atoms with Gasteiger partial charge >= 0.3 is 5.97 Å². The number of carboxylic acid groups (broad SMARTS) is 1. The lowest BCUT2D eigenvalue weighted by atomic mass is 10.3. The van der Waals surface area contributed by atoms with Crippen molar-refractivity contribution in [2.75, 3.05) is 6.54 Å². The van der Waals surface area contributed by atoms with E-state index < -0.39 is 5.97 Å². The molecule has 1 aromatic heterocycles. The van der Waals surface area contributed by atoms with Gasteiger partial charge in [0.2, 0.25) is 5.91 Å². The summed E-state index contributed by atoms with van der Waals surface area (Å²) in [5, 5.41) is 12.1. The van der Waals surface area contributed by atoms with Gasteiger partial charge in [-0.05, 0) is 24.6 Å². The maximum atomic E-state index is 11.6. The molecule has 1 aromatic carbocycles. The number of benzene rings is 1. The molecule has 0 aliphatic carbocycles. The minimum Gasteiger partial charge on any atom is -0.481 e. The molecule has 0 saturated heterocycles. The molecule has 0 bridgehead atoms. The molecule has 0 radical (unpaired) electrons. The lowest BCUT2D eigenvalue weighted by molar-refractivity contribution is -0.137. The number of aryl methyl sites for hydroxylation is 1. The molecule has 5 nitrogen and oxygen atoms in total. The first-order valence-electron chi connectivity index (χ1n) is 6.58. The van der Waals surface area contributed by atoms with E-state index in [9.17, 15) is 9.59 Å². The molecular formula is C14H15BrN2O3S. The molecule has 0 atom stereocenters. The fraction of sp³-hybridized carbons (Fsp3) is 0.357. The van der Waals surface area contributed by atoms with E-state index in [2.05, 4.69) is 26.2 Å². The van der Waals surface area contributed by atoms with Crippen LogP contribution in [-0.4, -0.2) is 28.5 Å². The zero-order chi connectivity index (χ0) is 15.2. The van der Waals surface area contributed by atoms with Crippen LogP contribution >= 0.6 is 27.3 Å². The maximum Gasteiger partial charge on any atom is 0.303 e. The standard InChI is InChI=1S/C14H15BrN2O3S/c15-9-3-4-11-10(8-9)17-13(21-11)6-5-12(18)16-7-1-2-14(19)20/h3-4,8H,1-2,5-7H2,(H,16,18)(H,19,20). The third-order valence-electron chi connectivity index (χ3n) is 2.85. The van der Waals surface area contributed by atoms with E-state index in [1.807, 2.05) is 18.2 Å². The Morgan fingerprint density at radius 3 is 2.90 bits per heavy atom. The first-order valence-corrected chi connectivity index (χ1v) is 8.19. The van der Waals surface area contributed by atoms with Gasteiger partial charge < -0.3 is 10.4 Å². The Labute approximate surface area is 134 Å². The van der Waals surface area contributed by atoms with Gasteiger partial charge in [0.05, 0.1) is 15.2 Å². The van der Waals surface area contributed by atoms with E-state index in [-0.39, 0.29) is 12.3 Å². The molecule has 0 aliphatic heterocycles. The number of nitrogens with one attached hydrogen (secondary N) is 1. The Morgan fingerprint density at radius 1 is 1.33 bits per heavy atom. The third kappa shape index (κ3) is 5.09. The highest BCUT2D eigenvalue weighted by Gasteiger charge is 2.07. The zero-order valence-electron chi connectivity index (χ0n) is 11.3. The number of aliphatic carboxylic acids is 1. The van der Waals surface area contributed by atoms with Crippen LogP contribution in [-0.2, 0) is 16.0 Å². The Balaban J connectivity index is 1.78. The van der Waals surface area contributed by atoms with E-state index in [0.29, 0.717) is 25.8 Å². The van der Waals surface area contributed by atoms with E-state index in [1.165, 1.54) is 0 Å². The molecule has 0 unspecified atom stereocenters. The molecule has 2 aromatic rings. The number of carbonyl (C=O) groups excluding carboxylic acids is 1. The number of rotatable bonds is 7. The predicted octanol–water partition coefficient (Wildman–Crippen LogP) is 2.97. The number of amides is 1. The van der Waals surface area contributed by atoms with E-state index >= 15 is 0 Å². The van der Waals surface area contributed by atoms with Crippen molar-refractivity contribution in [2.24, 2.45) is 0 Å². The number of hydrogen-bond donors (Lipinski definition) is 2. The molecule has 1 amide bonds. The Kier molecular flexibility index (Phi) is 5.69. The van der Waals surface area contributed by atoms with Crippen molar-refractivity contribution in [1.82, 2.24) is 10.3 Å². The minimum absolute atomic E-state index is 0.0687. The molecule has 2 N–H and O–H groups in total. The molecule has 21 heavy (non-hydrogen) atoms. The highest BCUT2D eigenvalue weighted by atomic mass is 79.9. The van der Waals surface area contributed by atoms with Crippen molar-refractivity contribution in [3.05, 3.63) is 27.7 Å². The van der Waals surface area contributed by atoms with Crippen LogP contribution in [0.15, 0.2) is 22.7 Å². The summed E-state index contributed by atoms with van der Waals surface area (Å²) < 4.78 is 2.10. The van der Waals surface area contributed by atoms with Crippen molar-refractivity contribution in [3.8, 4) is 0 Å². The van der Waals surface area contributed by atoms with Crippen molar-refractivity contribution in [3.63, 3.8) is 0 Å². The van der Waals surface area contributed by atoms with Crippen LogP contribution in [0.1, 0.15) is 24.3 Å². The van der Waals surface area contributed by atoms with E-state index in [0.717, 1.165) is 19.7 Å². The average Bonchev–Trinajstić information content (AvgIpc) is 2.83. The molecule has 7 heteroatoms. The van der Waals surface area contributed by atoms with Gasteiger partial charge in [-0.1, -0.05) is 15.9 Å². The number of thiazole rings is 1. The first kappa shape index (κ1) is 15.9. The summed E-state index contributed by atoms with van der Waals surface area (Å²) in [6.07, 6.45) is 1.50. The Hall–Kier alpha value is -1.47. The topological polar surface area (TPSA) is 79.3 Å². The summed E-state index contributed by atoms with van der Waals surface area (Å²) in [6, 6.07) is 5.94. The first-order chi connectivity index (χ1) is 10.0. The fourth-order valence-corrected chi connectivity index (χ4v) is 3.13. The number of aromatic nitrogens is 1. The van der Waals surface area contributed by atoms with E-state index in [1.54, 1.807) is 11.3 Å². The Bertz CT molecular complexity index is 657. The molecule has 2 rings (SSSR count). The van der Waals surface area contributed by atoms with Gasteiger partial charge in [-0.15, -0.1) is 11.3 Å². The zero-order valence-corrected chi connectivity index (χ0v) is 13.7. The number of halogens is 1. The van der Waals surface area contributed by atoms with Crippen LogP contribution in [0.3, 0.4) is 0 Å². The largest absolute Gasteiger partial charge is 0.481 e. The van der Waals surface area contributed by atoms with Crippen LogP contribution < -0.4 is 5.32 Å². The van der Waals surface area contributed by atoms with Gasteiger partial charge in [0.1, 0.15) is 0 Å². The smallest absolute Gasteiger partial charge is 0.303 e. The van der Waals surface area contributed by atoms with Crippen LogP contribution in [0.2, 0.25) is 0 Å². The Morgan fingerprint density at radius 2 is 2.14 bits per heavy atom. The van der Waals surface area contributed by atoms with Crippen molar-refractivity contribution in [2.45, 2.75) is 25.7 Å². The summed E-state index contributed by atoms with van der Waals surface area (Å²) in [4.78, 5) is 26.5. The van der Waals surface area contributed by atoms with Crippen LogP contribution in [0.4, 0.5) is 0 Å². The van der Waals surface area contributed by atoms with Crippen molar-refractivity contribution < 1.29 is 14.7 Å². The number of fused-ring (bicyclic) bond motifs is 1. The minimum atomic E-state index is -0.843. The molecule has 0 spiro atoms. The van der Waals surface area contributed by atoms with Gasteiger partial charge in [0.15, 0.2) is 0 Å². The van der Waals surface area contributed by atoms with Crippen molar-refractivity contribution >= 4 is 49.4 Å². The number of nitrogens with zero attached hydrogens (tertiary/aromatic N) is 1. The number of carboxylic acids is 1. The van der Waals surface area contributed by atoms with Crippen LogP contribution in [0.25, 0.3) is 10.2 Å². The normalized spacial score (nSPS) is 10.7. The third-order valence-corrected chi connectivity index (χ3v) is 4.44. The SMILES string of the molecule is O=C(O)CCCNC(=O)CCc1nc2cc(Br)ccc2s1. The van der Waals surface area contributed by atoms with Gasteiger partial charge in [0, 0.05) is 30.3 Å². The molecular weight excluding hydrogens is 356 g/mol. The van der Waals surface area contributed by atoms with Crippen LogP contribution in [0, 0.1) is 0 Å². The maximum absolute atomic E-state index is 11.6. The molecule has 112 valence electrons. The summed E-state index contributed by atoms with van der Waals surface area (Å²) in [7, 11) is 0. The monoisotopic (exact) mass is 370 g/mol. The highest BCUT2D eigenvalue weighted by Crippen LogP contribution is 2.25. The summed E-state index contributed by atoms with van der Waals surface area (Å²) >= 11 is 5.00. The molecule has 0 aliphatic rings. The molecule has 0 fully saturated rings. The number of carbonyl (C=O) groups is 2. The lowest BCUT2D eigenvalue weighted by Gasteiger charge is -2.02.